The summed E-state index contributed by atoms with van der Waals surface area (Å²) >= 11 is 0. The number of nitrogen functional groups attached to an aromatic ring is 1. The Morgan fingerprint density at radius 2 is 2.29 bits per heavy atom. The van der Waals surface area contributed by atoms with Gasteiger partial charge < -0.3 is 15.5 Å². The molecule has 0 saturated carbocycles. The van der Waals surface area contributed by atoms with Crippen LogP contribution in [-0.4, -0.2) is 58.8 Å². The Bertz CT molecular complexity index is 561. The Labute approximate surface area is 122 Å². The van der Waals surface area contributed by atoms with E-state index in [0.717, 1.165) is 19.0 Å². The molecule has 0 radical (unpaired) electrons. The van der Waals surface area contributed by atoms with Crippen LogP contribution >= 0.6 is 0 Å². The molecule has 21 heavy (non-hydrogen) atoms. The van der Waals surface area contributed by atoms with Crippen LogP contribution in [0.5, 0.6) is 0 Å². The lowest BCUT2D eigenvalue weighted by molar-refractivity contribution is -0.385. The van der Waals surface area contributed by atoms with Gasteiger partial charge in [-0.3, -0.25) is 14.9 Å². The predicted octanol–water partition coefficient (Wildman–Crippen LogP) is 0.738. The van der Waals surface area contributed by atoms with Crippen molar-refractivity contribution in [3.05, 3.63) is 27.9 Å². The number of carbonyl (C=O) groups excluding carboxylic acids is 1. The van der Waals surface area contributed by atoms with E-state index in [4.69, 9.17) is 5.73 Å². The zero-order chi connectivity index (χ0) is 15.6. The number of aromatic nitrogens is 1. The van der Waals surface area contributed by atoms with E-state index < -0.39 is 4.92 Å². The third kappa shape index (κ3) is 3.27. The zero-order valence-corrected chi connectivity index (χ0v) is 12.2. The second-order valence-electron chi connectivity index (χ2n) is 5.39. The highest BCUT2D eigenvalue weighted by Gasteiger charge is 2.30. The average molecular weight is 293 g/mol. The highest BCUT2D eigenvalue weighted by atomic mass is 16.6. The van der Waals surface area contributed by atoms with Crippen molar-refractivity contribution in [1.82, 2.24) is 14.8 Å². The van der Waals surface area contributed by atoms with Gasteiger partial charge in [-0.2, -0.15) is 0 Å². The fourth-order valence-electron chi connectivity index (χ4n) is 2.51. The van der Waals surface area contributed by atoms with Crippen molar-refractivity contribution in [2.45, 2.75) is 18.9 Å². The van der Waals surface area contributed by atoms with Crippen molar-refractivity contribution >= 4 is 17.4 Å². The van der Waals surface area contributed by atoms with Crippen molar-refractivity contribution in [3.8, 4) is 0 Å². The van der Waals surface area contributed by atoms with Gasteiger partial charge in [0.25, 0.3) is 11.6 Å². The molecule has 0 spiro atoms. The summed E-state index contributed by atoms with van der Waals surface area (Å²) in [5.74, 6) is -0.257. The number of pyridine rings is 1. The minimum Gasteiger partial charge on any atom is -0.384 e. The predicted molar refractivity (Wildman–Crippen MR) is 77.9 cm³/mol. The SMILES string of the molecule is CN(C)C1CCCN(C(=O)c2cc(N)ncc2[N+](=O)[O-])C1. The van der Waals surface area contributed by atoms with Crippen molar-refractivity contribution in [2.75, 3.05) is 32.9 Å². The smallest absolute Gasteiger partial charge is 0.300 e. The van der Waals surface area contributed by atoms with Crippen molar-refractivity contribution in [2.24, 2.45) is 0 Å². The van der Waals surface area contributed by atoms with Gasteiger partial charge in [0, 0.05) is 19.1 Å². The van der Waals surface area contributed by atoms with Crippen LogP contribution in [0.4, 0.5) is 11.5 Å². The van der Waals surface area contributed by atoms with E-state index in [2.05, 4.69) is 9.88 Å². The second kappa shape index (κ2) is 6.04. The van der Waals surface area contributed by atoms with Crippen LogP contribution in [-0.2, 0) is 0 Å². The topological polar surface area (TPSA) is 106 Å². The standard InChI is InChI=1S/C13H19N5O3/c1-16(2)9-4-3-5-17(8-9)13(19)10-6-12(14)15-7-11(10)18(20)21/h6-7,9H,3-5,8H2,1-2H3,(H2,14,15). The molecule has 1 aliphatic heterocycles. The van der Waals surface area contributed by atoms with E-state index in [-0.39, 0.29) is 29.0 Å². The molecule has 1 amide bonds. The normalized spacial score (nSPS) is 18.8. The molecule has 0 aliphatic carbocycles. The maximum atomic E-state index is 12.6. The largest absolute Gasteiger partial charge is 0.384 e. The molecule has 1 aromatic rings. The van der Waals surface area contributed by atoms with Gasteiger partial charge in [0.15, 0.2) is 0 Å². The first kappa shape index (κ1) is 15.2. The third-order valence-corrected chi connectivity index (χ3v) is 3.75. The number of anilines is 1. The molecule has 1 unspecified atom stereocenters. The average Bonchev–Trinajstić information content (AvgIpc) is 2.46. The van der Waals surface area contributed by atoms with Crippen molar-refractivity contribution in [3.63, 3.8) is 0 Å². The van der Waals surface area contributed by atoms with Gasteiger partial charge in [-0.15, -0.1) is 0 Å². The number of rotatable bonds is 3. The molecule has 1 saturated heterocycles. The summed E-state index contributed by atoms with van der Waals surface area (Å²) in [6.45, 7) is 1.16. The van der Waals surface area contributed by atoms with Crippen LogP contribution in [0, 0.1) is 10.1 Å². The number of carbonyl (C=O) groups is 1. The summed E-state index contributed by atoms with van der Waals surface area (Å²) < 4.78 is 0. The van der Waals surface area contributed by atoms with Crippen LogP contribution in [0.3, 0.4) is 0 Å². The molecule has 1 aliphatic rings. The lowest BCUT2D eigenvalue weighted by Gasteiger charge is -2.36. The highest BCUT2D eigenvalue weighted by Crippen LogP contribution is 2.23. The monoisotopic (exact) mass is 293 g/mol. The Kier molecular flexibility index (Phi) is 4.37. The number of likely N-dealkylation sites (tertiary alicyclic amines) is 1. The Balaban J connectivity index is 2.27. The molecule has 114 valence electrons. The number of hydrogen-bond acceptors (Lipinski definition) is 6. The van der Waals surface area contributed by atoms with E-state index in [1.165, 1.54) is 6.07 Å². The molecule has 8 nitrogen and oxygen atoms in total. The molecule has 2 N–H and O–H groups in total. The van der Waals surface area contributed by atoms with E-state index in [1.807, 2.05) is 14.1 Å². The number of likely N-dealkylation sites (N-methyl/N-ethyl adjacent to an activating group) is 1. The fourth-order valence-corrected chi connectivity index (χ4v) is 2.51. The van der Waals surface area contributed by atoms with Gasteiger partial charge in [0.2, 0.25) is 0 Å². The number of nitrogens with two attached hydrogens (primary N) is 1. The van der Waals surface area contributed by atoms with E-state index in [1.54, 1.807) is 4.90 Å². The molecule has 2 heterocycles. The number of piperidine rings is 1. The minimum atomic E-state index is -0.604. The first-order valence-corrected chi connectivity index (χ1v) is 6.75. The number of nitrogens with zero attached hydrogens (tertiary/aromatic N) is 4. The van der Waals surface area contributed by atoms with Crippen LogP contribution in [0.15, 0.2) is 12.3 Å². The maximum absolute atomic E-state index is 12.6. The van der Waals surface area contributed by atoms with Gasteiger partial charge in [-0.1, -0.05) is 0 Å². The maximum Gasteiger partial charge on any atom is 0.300 e. The van der Waals surface area contributed by atoms with Crippen LogP contribution in [0.25, 0.3) is 0 Å². The van der Waals surface area contributed by atoms with Crippen molar-refractivity contribution < 1.29 is 9.72 Å². The summed E-state index contributed by atoms with van der Waals surface area (Å²) in [7, 11) is 3.93. The van der Waals surface area contributed by atoms with Gasteiger partial charge >= 0.3 is 0 Å². The Hall–Kier alpha value is -2.22. The third-order valence-electron chi connectivity index (χ3n) is 3.75. The fraction of sp³-hybridized carbons (Fsp3) is 0.538. The van der Waals surface area contributed by atoms with Crippen LogP contribution in [0.2, 0.25) is 0 Å². The van der Waals surface area contributed by atoms with Crippen LogP contribution in [0.1, 0.15) is 23.2 Å². The first-order chi connectivity index (χ1) is 9.90. The number of amides is 1. The summed E-state index contributed by atoms with van der Waals surface area (Å²) in [5.41, 5.74) is 5.26. The lowest BCUT2D eigenvalue weighted by atomic mass is 10.0. The zero-order valence-electron chi connectivity index (χ0n) is 12.2. The van der Waals surface area contributed by atoms with E-state index >= 15 is 0 Å². The summed E-state index contributed by atoms with van der Waals surface area (Å²) in [4.78, 5) is 30.4. The Morgan fingerprint density at radius 3 is 2.90 bits per heavy atom. The van der Waals surface area contributed by atoms with Gasteiger partial charge in [0.05, 0.1) is 4.92 Å². The minimum absolute atomic E-state index is 0.00639. The number of nitro groups is 1. The first-order valence-electron chi connectivity index (χ1n) is 6.75. The Morgan fingerprint density at radius 1 is 1.57 bits per heavy atom. The van der Waals surface area contributed by atoms with Gasteiger partial charge in [-0.05, 0) is 33.0 Å². The molecule has 1 aromatic heterocycles. The molecule has 1 fully saturated rings. The van der Waals surface area contributed by atoms with Gasteiger partial charge in [0.1, 0.15) is 17.6 Å². The molecule has 8 heteroatoms. The highest BCUT2D eigenvalue weighted by molar-refractivity contribution is 5.98. The van der Waals surface area contributed by atoms with Crippen LogP contribution < -0.4 is 5.73 Å². The summed E-state index contributed by atoms with van der Waals surface area (Å²) in [5, 5.41) is 11.0. The summed E-state index contributed by atoms with van der Waals surface area (Å²) in [6.07, 6.45) is 2.93. The summed E-state index contributed by atoms with van der Waals surface area (Å²) in [6, 6.07) is 1.54. The molecule has 1 atom stereocenters. The second-order valence-corrected chi connectivity index (χ2v) is 5.39. The molecule has 2 rings (SSSR count). The van der Waals surface area contributed by atoms with E-state index in [9.17, 15) is 14.9 Å². The van der Waals surface area contributed by atoms with E-state index in [0.29, 0.717) is 13.1 Å². The number of hydrogen-bond donors (Lipinski definition) is 1. The van der Waals surface area contributed by atoms with Gasteiger partial charge in [-0.25, -0.2) is 4.98 Å². The molecule has 0 bridgehead atoms. The molecular formula is C13H19N5O3. The quantitative estimate of drug-likeness (QED) is 0.650. The van der Waals surface area contributed by atoms with Crippen molar-refractivity contribution in [1.29, 1.82) is 0 Å². The molecule has 0 aromatic carbocycles. The molecular weight excluding hydrogens is 274 g/mol. The lowest BCUT2D eigenvalue weighted by Crippen LogP contribution is -2.47.